The monoisotopic (exact) mass is 633 g/mol. The van der Waals surface area contributed by atoms with Gasteiger partial charge in [0, 0.05) is 36.5 Å². The van der Waals surface area contributed by atoms with Crippen LogP contribution in [-0.4, -0.2) is 88.7 Å². The van der Waals surface area contributed by atoms with Crippen LogP contribution in [0.1, 0.15) is 93.1 Å². The van der Waals surface area contributed by atoms with Crippen molar-refractivity contribution in [1.29, 1.82) is 0 Å². The number of rotatable bonds is 10. The molecule has 9 heteroatoms. The average molecular weight is 634 g/mol. The molecular formula is C37H55N5O4. The second kappa shape index (κ2) is 15.8. The first kappa shape index (κ1) is 36.8. The normalized spacial score (nSPS) is 20.7. The molecule has 2 unspecified atom stereocenters. The fourth-order valence-corrected chi connectivity index (χ4v) is 6.55. The molecule has 0 bridgehead atoms. The Labute approximate surface area is 276 Å². The smallest absolute Gasteiger partial charge is 0.249 e. The second-order valence-corrected chi connectivity index (χ2v) is 14.6. The van der Waals surface area contributed by atoms with Gasteiger partial charge >= 0.3 is 0 Å². The molecule has 1 aromatic carbocycles. The van der Waals surface area contributed by atoms with E-state index in [9.17, 15) is 19.2 Å². The highest BCUT2D eigenvalue weighted by atomic mass is 16.2. The van der Waals surface area contributed by atoms with Gasteiger partial charge < -0.3 is 20.4 Å². The van der Waals surface area contributed by atoms with E-state index < -0.39 is 23.5 Å². The van der Waals surface area contributed by atoms with Crippen LogP contribution in [0, 0.1) is 23.7 Å². The third kappa shape index (κ3) is 9.00. The summed E-state index contributed by atoms with van der Waals surface area (Å²) in [5.41, 5.74) is 1.28. The second-order valence-electron chi connectivity index (χ2n) is 14.6. The minimum Gasteiger partial charge on any atom is -0.342 e. The number of terminal acetylenes is 1. The Morgan fingerprint density at radius 2 is 1.59 bits per heavy atom. The number of likely N-dealkylation sites (N-methyl/N-ethyl adjacent to an activating group) is 1. The van der Waals surface area contributed by atoms with Gasteiger partial charge in [0.1, 0.15) is 12.1 Å². The number of piperidine rings is 1. The molecule has 0 aliphatic carbocycles. The number of nitrogens with zero attached hydrogens (tertiary/aromatic N) is 3. The zero-order valence-electron chi connectivity index (χ0n) is 29.4. The molecule has 9 nitrogen and oxygen atoms in total. The number of carbonyl (C=O) groups excluding carboxylic acids is 4. The Hall–Kier alpha value is -3.64. The van der Waals surface area contributed by atoms with Crippen LogP contribution in [0.25, 0.3) is 0 Å². The van der Waals surface area contributed by atoms with Gasteiger partial charge in [0.15, 0.2) is 0 Å². The van der Waals surface area contributed by atoms with Crippen LogP contribution in [0.15, 0.2) is 35.9 Å². The minimum atomic E-state index is -0.743. The molecule has 0 spiro atoms. The lowest BCUT2D eigenvalue weighted by Crippen LogP contribution is -2.60. The Morgan fingerprint density at radius 1 is 0.957 bits per heavy atom. The fourth-order valence-electron chi connectivity index (χ4n) is 6.55. The van der Waals surface area contributed by atoms with E-state index >= 15 is 0 Å². The van der Waals surface area contributed by atoms with Crippen molar-refractivity contribution in [2.45, 2.75) is 118 Å². The number of hydrogen-bond acceptors (Lipinski definition) is 5. The van der Waals surface area contributed by atoms with Crippen LogP contribution in [0.4, 0.5) is 5.69 Å². The summed E-state index contributed by atoms with van der Waals surface area (Å²) in [4.78, 5) is 60.2. The number of amides is 4. The number of likely N-dealkylation sites (tertiary alicyclic amines) is 2. The highest BCUT2D eigenvalue weighted by Gasteiger charge is 2.40. The third-order valence-corrected chi connectivity index (χ3v) is 9.28. The maximum atomic E-state index is 14.1. The van der Waals surface area contributed by atoms with Gasteiger partial charge in [-0.2, -0.15) is 0 Å². The van der Waals surface area contributed by atoms with Crippen molar-refractivity contribution in [2.24, 2.45) is 11.3 Å². The average Bonchev–Trinajstić information content (AvgIpc) is 3.51. The number of nitrogens with one attached hydrogen (secondary N) is 2. The molecule has 0 radical (unpaired) electrons. The van der Waals surface area contributed by atoms with E-state index in [1.54, 1.807) is 48.0 Å². The molecule has 2 fully saturated rings. The number of benzene rings is 1. The fraction of sp³-hybridized carbons (Fsp3) is 0.622. The van der Waals surface area contributed by atoms with Gasteiger partial charge in [-0.3, -0.25) is 24.1 Å². The zero-order valence-corrected chi connectivity index (χ0v) is 29.4. The van der Waals surface area contributed by atoms with Crippen molar-refractivity contribution in [3.05, 3.63) is 41.5 Å². The third-order valence-electron chi connectivity index (χ3n) is 9.28. The Balaban J connectivity index is 1.77. The SMILES string of the molecule is C#Cc1ccc(NC(=O)C2CCCN2C(=O)/C(C)=C/[C@H](C(C)C)N(C)C(=O)C(NC(=O)[C@H]2CCCCN2C(C)C)C(C)(C)C)cc1. The van der Waals surface area contributed by atoms with Gasteiger partial charge in [-0.15, -0.1) is 6.42 Å². The molecule has 2 aliphatic heterocycles. The van der Waals surface area contributed by atoms with Gasteiger partial charge in [-0.25, -0.2) is 0 Å². The minimum absolute atomic E-state index is 0.00791. The molecule has 252 valence electrons. The molecule has 46 heavy (non-hydrogen) atoms. The van der Waals surface area contributed by atoms with Crippen molar-refractivity contribution in [3.63, 3.8) is 0 Å². The molecule has 1 aromatic rings. The van der Waals surface area contributed by atoms with Crippen molar-refractivity contribution in [3.8, 4) is 12.3 Å². The van der Waals surface area contributed by atoms with E-state index in [1.165, 1.54) is 0 Å². The molecule has 2 saturated heterocycles. The molecule has 2 heterocycles. The van der Waals surface area contributed by atoms with Crippen LogP contribution < -0.4 is 10.6 Å². The zero-order chi connectivity index (χ0) is 34.3. The highest BCUT2D eigenvalue weighted by molar-refractivity contribution is 6.01. The van der Waals surface area contributed by atoms with E-state index in [-0.39, 0.29) is 41.6 Å². The highest BCUT2D eigenvalue weighted by Crippen LogP contribution is 2.27. The van der Waals surface area contributed by atoms with Crippen molar-refractivity contribution in [2.75, 3.05) is 25.5 Å². The summed E-state index contributed by atoms with van der Waals surface area (Å²) in [6.07, 6.45) is 11.4. The summed E-state index contributed by atoms with van der Waals surface area (Å²) in [6.45, 7) is 17.2. The lowest BCUT2D eigenvalue weighted by atomic mass is 9.84. The Kier molecular flexibility index (Phi) is 12.6. The predicted molar refractivity (Wildman–Crippen MR) is 184 cm³/mol. The lowest BCUT2D eigenvalue weighted by Gasteiger charge is -2.41. The lowest BCUT2D eigenvalue weighted by molar-refractivity contribution is -0.142. The van der Waals surface area contributed by atoms with E-state index in [2.05, 4.69) is 35.3 Å². The first-order valence-electron chi connectivity index (χ1n) is 16.8. The summed E-state index contributed by atoms with van der Waals surface area (Å²) in [6, 6.07) is 5.27. The van der Waals surface area contributed by atoms with Gasteiger partial charge in [-0.05, 0) is 88.6 Å². The molecule has 0 aromatic heterocycles. The molecule has 0 saturated carbocycles. The van der Waals surface area contributed by atoms with Crippen molar-refractivity contribution in [1.82, 2.24) is 20.0 Å². The van der Waals surface area contributed by atoms with Crippen LogP contribution in [-0.2, 0) is 19.2 Å². The van der Waals surface area contributed by atoms with Crippen LogP contribution in [0.5, 0.6) is 0 Å². The van der Waals surface area contributed by atoms with Crippen LogP contribution >= 0.6 is 0 Å². The first-order valence-corrected chi connectivity index (χ1v) is 16.8. The topological polar surface area (TPSA) is 102 Å². The van der Waals surface area contributed by atoms with Gasteiger partial charge in [0.25, 0.3) is 0 Å². The predicted octanol–water partition coefficient (Wildman–Crippen LogP) is 4.82. The number of anilines is 1. The van der Waals surface area contributed by atoms with Gasteiger partial charge in [0.05, 0.1) is 12.1 Å². The van der Waals surface area contributed by atoms with E-state index in [0.29, 0.717) is 24.2 Å². The van der Waals surface area contributed by atoms with Gasteiger partial charge in [-0.1, -0.05) is 53.0 Å². The standard InChI is InChI=1S/C37H55N5O4/c1-11-27-17-19-28(20-18-27)38-33(43)30-16-14-22-42(30)35(45)26(6)23-31(24(2)3)40(10)36(46)32(37(7,8)9)39-34(44)29-15-12-13-21-41(29)25(4)5/h1,17-20,23-25,29-32H,12-16,21-22H2,2-10H3,(H,38,43)(H,39,44)/b26-23+/t29-,30?,31-,32?/m1/s1. The molecule has 2 N–H and O–H groups in total. The summed E-state index contributed by atoms with van der Waals surface area (Å²) >= 11 is 0. The van der Waals surface area contributed by atoms with Crippen molar-refractivity contribution >= 4 is 29.3 Å². The maximum Gasteiger partial charge on any atom is 0.249 e. The number of carbonyl (C=O) groups is 4. The maximum absolute atomic E-state index is 14.1. The van der Waals surface area contributed by atoms with Crippen LogP contribution in [0.3, 0.4) is 0 Å². The van der Waals surface area contributed by atoms with Gasteiger partial charge in [0.2, 0.25) is 23.6 Å². The number of hydrogen-bond donors (Lipinski definition) is 2. The molecule has 3 rings (SSSR count). The summed E-state index contributed by atoms with van der Waals surface area (Å²) in [7, 11) is 1.74. The summed E-state index contributed by atoms with van der Waals surface area (Å²) in [5.74, 6) is 1.78. The van der Waals surface area contributed by atoms with Crippen LogP contribution in [0.2, 0.25) is 0 Å². The Morgan fingerprint density at radius 3 is 2.15 bits per heavy atom. The quantitative estimate of drug-likeness (QED) is 0.284. The Bertz CT molecular complexity index is 1320. The molecule has 4 amide bonds. The largest absolute Gasteiger partial charge is 0.342 e. The molecule has 4 atom stereocenters. The molecular weight excluding hydrogens is 578 g/mol. The van der Waals surface area contributed by atoms with Crippen molar-refractivity contribution < 1.29 is 19.2 Å². The van der Waals surface area contributed by atoms with E-state index in [4.69, 9.17) is 6.42 Å². The first-order chi connectivity index (χ1) is 21.6. The van der Waals surface area contributed by atoms with E-state index in [1.807, 2.05) is 40.7 Å². The molecule has 2 aliphatic rings. The summed E-state index contributed by atoms with van der Waals surface area (Å²) < 4.78 is 0. The summed E-state index contributed by atoms with van der Waals surface area (Å²) in [5, 5.41) is 6.04. The van der Waals surface area contributed by atoms with E-state index in [0.717, 1.165) is 37.8 Å².